The standard InChI is InChI=1S/C38H48O6/c1-21(2)11-13-26-19-37-20-27(24(7)8)30(17-23(5)6)44-34(37)31(32(41)25-12-14-28(39)29(40)18-25)33(42)38(35(37)43,36(26,9)10)16-15-22(3)4/h11-12,14-15,17-18,26-27,30,39-40H,7,13,16,19-20H2,1-6,8-10H3/t26-,27-,30-,37+,38+/m0/s1. The molecule has 2 fully saturated rings. The maximum atomic E-state index is 15.3. The van der Waals surface area contributed by atoms with Gasteiger partial charge in [-0.1, -0.05) is 54.9 Å². The van der Waals surface area contributed by atoms with Crippen molar-refractivity contribution < 1.29 is 29.3 Å². The fourth-order valence-electron chi connectivity index (χ4n) is 7.63. The Morgan fingerprint density at radius 3 is 2.14 bits per heavy atom. The molecular weight excluding hydrogens is 552 g/mol. The number of ketones is 3. The van der Waals surface area contributed by atoms with Crippen LogP contribution in [0.4, 0.5) is 0 Å². The summed E-state index contributed by atoms with van der Waals surface area (Å²) in [5.41, 5.74) is 0.416. The third-order valence-corrected chi connectivity index (χ3v) is 10.3. The van der Waals surface area contributed by atoms with Crippen molar-refractivity contribution in [2.75, 3.05) is 0 Å². The van der Waals surface area contributed by atoms with E-state index < -0.39 is 39.7 Å². The van der Waals surface area contributed by atoms with Gasteiger partial charge in [-0.15, -0.1) is 0 Å². The number of ether oxygens (including phenoxy) is 1. The van der Waals surface area contributed by atoms with Crippen molar-refractivity contribution in [1.82, 2.24) is 0 Å². The maximum Gasteiger partial charge on any atom is 0.200 e. The van der Waals surface area contributed by atoms with Crippen molar-refractivity contribution in [1.29, 1.82) is 0 Å². The summed E-state index contributed by atoms with van der Waals surface area (Å²) in [5, 5.41) is 20.2. The Bertz CT molecular complexity index is 1540. The van der Waals surface area contributed by atoms with E-state index in [9.17, 15) is 15.0 Å². The van der Waals surface area contributed by atoms with E-state index in [1.165, 1.54) is 12.1 Å². The molecule has 3 aliphatic rings. The van der Waals surface area contributed by atoms with E-state index >= 15 is 9.59 Å². The molecule has 1 aromatic carbocycles. The highest BCUT2D eigenvalue weighted by atomic mass is 16.5. The van der Waals surface area contributed by atoms with Crippen molar-refractivity contribution in [2.45, 2.75) is 94.1 Å². The van der Waals surface area contributed by atoms with Crippen LogP contribution in [0.5, 0.6) is 11.5 Å². The predicted molar refractivity (Wildman–Crippen MR) is 173 cm³/mol. The molecule has 44 heavy (non-hydrogen) atoms. The molecule has 2 bridgehead atoms. The van der Waals surface area contributed by atoms with Gasteiger partial charge >= 0.3 is 0 Å². The van der Waals surface area contributed by atoms with E-state index in [0.717, 1.165) is 28.4 Å². The van der Waals surface area contributed by atoms with Gasteiger partial charge in [-0.05, 0) is 110 Å². The topological polar surface area (TPSA) is 101 Å². The number of fused-ring (bicyclic) bond motifs is 1. The summed E-state index contributed by atoms with van der Waals surface area (Å²) in [6.07, 6.45) is 7.26. The first-order valence-electron chi connectivity index (χ1n) is 15.6. The molecule has 2 aliphatic carbocycles. The lowest BCUT2D eigenvalue weighted by Gasteiger charge is -2.63. The molecule has 1 spiro atoms. The zero-order valence-electron chi connectivity index (χ0n) is 27.8. The summed E-state index contributed by atoms with van der Waals surface area (Å²) in [4.78, 5) is 44.9. The van der Waals surface area contributed by atoms with Crippen LogP contribution in [-0.4, -0.2) is 33.7 Å². The van der Waals surface area contributed by atoms with Gasteiger partial charge in [0.25, 0.3) is 0 Å². The zero-order chi connectivity index (χ0) is 32.9. The Morgan fingerprint density at radius 2 is 1.59 bits per heavy atom. The molecule has 236 valence electrons. The highest BCUT2D eigenvalue weighted by molar-refractivity contribution is 6.35. The van der Waals surface area contributed by atoms with Crippen LogP contribution in [0, 0.1) is 28.1 Å². The number of allylic oxidation sites excluding steroid dienone is 7. The second-order valence-electron chi connectivity index (χ2n) is 14.5. The van der Waals surface area contributed by atoms with E-state index in [1.807, 2.05) is 74.5 Å². The largest absolute Gasteiger partial charge is 0.504 e. The normalized spacial score (nSPS) is 28.8. The van der Waals surface area contributed by atoms with E-state index in [-0.39, 0.29) is 46.7 Å². The van der Waals surface area contributed by atoms with Crippen molar-refractivity contribution in [3.05, 3.63) is 82.2 Å². The smallest absolute Gasteiger partial charge is 0.200 e. The summed E-state index contributed by atoms with van der Waals surface area (Å²) in [6.45, 7) is 22.1. The molecule has 4 rings (SSSR count). The average Bonchev–Trinajstić information content (AvgIpc) is 2.91. The molecule has 0 radical (unpaired) electrons. The Hall–Kier alpha value is -3.67. The SMILES string of the molecule is C=C(C)[C@@H]1C[C@]23C[C@H](CC=C(C)C)C(C)(C)[C@](CC=C(C)C)(C(=O)C(C(=O)c4ccc(O)c(O)c4)=C2O[C@H]1C=C(C)C)C3=O. The van der Waals surface area contributed by atoms with Crippen LogP contribution in [0.1, 0.15) is 98.4 Å². The lowest BCUT2D eigenvalue weighted by atomic mass is 9.39. The molecule has 1 saturated heterocycles. The second kappa shape index (κ2) is 11.7. The summed E-state index contributed by atoms with van der Waals surface area (Å²) < 4.78 is 6.75. The Balaban J connectivity index is 2.13. The van der Waals surface area contributed by atoms with Gasteiger partial charge in [0.05, 0.1) is 5.41 Å². The minimum absolute atomic E-state index is 0.0411. The van der Waals surface area contributed by atoms with Crippen LogP contribution in [0.25, 0.3) is 0 Å². The van der Waals surface area contributed by atoms with Crippen molar-refractivity contribution >= 4 is 17.3 Å². The second-order valence-corrected chi connectivity index (χ2v) is 14.5. The van der Waals surface area contributed by atoms with Crippen LogP contribution in [0.15, 0.2) is 76.6 Å². The molecule has 0 unspecified atom stereocenters. The van der Waals surface area contributed by atoms with Crippen molar-refractivity contribution in [3.8, 4) is 11.5 Å². The number of phenols is 2. The fraction of sp³-hybridized carbons (Fsp3) is 0.500. The lowest BCUT2D eigenvalue weighted by Crippen LogP contribution is -2.68. The van der Waals surface area contributed by atoms with Crippen LogP contribution in [0.2, 0.25) is 0 Å². The van der Waals surface area contributed by atoms with Gasteiger partial charge in [0.15, 0.2) is 28.8 Å². The number of aromatic hydroxyl groups is 2. The molecule has 0 amide bonds. The summed E-state index contributed by atoms with van der Waals surface area (Å²) in [5.74, 6) is -2.27. The minimum atomic E-state index is -1.51. The van der Waals surface area contributed by atoms with E-state index in [1.54, 1.807) is 0 Å². The predicted octanol–water partition coefficient (Wildman–Crippen LogP) is 8.37. The van der Waals surface area contributed by atoms with Crippen LogP contribution in [-0.2, 0) is 14.3 Å². The molecule has 1 saturated carbocycles. The summed E-state index contributed by atoms with van der Waals surface area (Å²) >= 11 is 0. The first-order chi connectivity index (χ1) is 20.4. The van der Waals surface area contributed by atoms with E-state index in [4.69, 9.17) is 4.74 Å². The molecule has 5 atom stereocenters. The molecule has 1 aliphatic heterocycles. The summed E-state index contributed by atoms with van der Waals surface area (Å²) in [7, 11) is 0. The monoisotopic (exact) mass is 600 g/mol. The Morgan fingerprint density at radius 1 is 0.955 bits per heavy atom. The van der Waals surface area contributed by atoms with Gasteiger partial charge in [-0.3, -0.25) is 14.4 Å². The minimum Gasteiger partial charge on any atom is -0.504 e. The molecule has 0 aromatic heterocycles. The lowest BCUT2D eigenvalue weighted by molar-refractivity contribution is -0.179. The molecular formula is C38H48O6. The van der Waals surface area contributed by atoms with Crippen LogP contribution < -0.4 is 0 Å². The van der Waals surface area contributed by atoms with Crippen LogP contribution >= 0.6 is 0 Å². The summed E-state index contributed by atoms with van der Waals surface area (Å²) in [6, 6.07) is 3.78. The van der Waals surface area contributed by atoms with Gasteiger partial charge < -0.3 is 14.9 Å². The third kappa shape index (κ3) is 5.20. The first-order valence-corrected chi connectivity index (χ1v) is 15.6. The van der Waals surface area contributed by atoms with E-state index in [2.05, 4.69) is 12.7 Å². The third-order valence-electron chi connectivity index (χ3n) is 10.3. The number of Topliss-reactive ketones (excluding diaryl/α,β-unsaturated/α-hetero) is 3. The van der Waals surface area contributed by atoms with Gasteiger partial charge in [-0.25, -0.2) is 0 Å². The average molecular weight is 601 g/mol. The highest BCUT2D eigenvalue weighted by Crippen LogP contribution is 2.68. The van der Waals surface area contributed by atoms with Gasteiger partial charge in [0, 0.05) is 11.5 Å². The number of carbonyl (C=O) groups is 3. The number of phenolic OH excluding ortho intramolecular Hbond substituents is 2. The molecule has 6 nitrogen and oxygen atoms in total. The molecule has 1 heterocycles. The van der Waals surface area contributed by atoms with Crippen LogP contribution in [0.3, 0.4) is 0 Å². The zero-order valence-corrected chi connectivity index (χ0v) is 27.8. The van der Waals surface area contributed by atoms with Gasteiger partial charge in [-0.2, -0.15) is 0 Å². The van der Waals surface area contributed by atoms with Gasteiger partial charge in [0.1, 0.15) is 22.9 Å². The number of hydrogen-bond acceptors (Lipinski definition) is 6. The number of hydrogen-bond donors (Lipinski definition) is 2. The number of rotatable bonds is 8. The maximum absolute atomic E-state index is 15.3. The molecule has 2 N–H and O–H groups in total. The first kappa shape index (κ1) is 33.2. The Labute approximate surface area is 262 Å². The van der Waals surface area contributed by atoms with E-state index in [0.29, 0.717) is 19.3 Å². The quantitative estimate of drug-likeness (QED) is 0.102. The molecule has 1 aromatic rings. The highest BCUT2D eigenvalue weighted by Gasteiger charge is 2.74. The fourth-order valence-corrected chi connectivity index (χ4v) is 7.63. The number of benzene rings is 1. The van der Waals surface area contributed by atoms with Crippen molar-refractivity contribution in [2.24, 2.45) is 28.1 Å². The Kier molecular flexibility index (Phi) is 8.82. The molecule has 6 heteroatoms. The number of carbonyl (C=O) groups excluding carboxylic acids is 3. The van der Waals surface area contributed by atoms with Crippen molar-refractivity contribution in [3.63, 3.8) is 0 Å². The van der Waals surface area contributed by atoms with Gasteiger partial charge in [0.2, 0.25) is 0 Å².